The van der Waals surface area contributed by atoms with Crippen LogP contribution in [-0.4, -0.2) is 78.0 Å². The van der Waals surface area contributed by atoms with Crippen molar-refractivity contribution in [3.63, 3.8) is 0 Å². The second-order valence-electron chi connectivity index (χ2n) is 7.04. The number of carbonyl (C=O) groups excluding carboxylic acids is 2. The first-order valence-corrected chi connectivity index (χ1v) is 8.65. The molecule has 0 aliphatic carbocycles. The van der Waals surface area contributed by atoms with E-state index in [0.29, 0.717) is 16.7 Å². The smallest absolute Gasteiger partial charge is 0.265 e. The van der Waals surface area contributed by atoms with Crippen molar-refractivity contribution >= 4 is 22.8 Å². The summed E-state index contributed by atoms with van der Waals surface area (Å²) in [6.07, 6.45) is -0.148. The predicted octanol–water partition coefficient (Wildman–Crippen LogP) is 1.12. The number of benzene rings is 1. The van der Waals surface area contributed by atoms with Crippen LogP contribution in [0.15, 0.2) is 28.8 Å². The van der Waals surface area contributed by atoms with Crippen LogP contribution in [0.4, 0.5) is 8.78 Å². The van der Waals surface area contributed by atoms with E-state index >= 15 is 8.78 Å². The van der Waals surface area contributed by atoms with Gasteiger partial charge in [0.05, 0.1) is 32.7 Å². The SMILES string of the molecule is COCCN1C[C@@]2(F)CN(C(=O)Cc3noc4ccccc34)C[C@@]2(F)C1=O. The number of fused-ring (bicyclic) bond motifs is 2. The topological polar surface area (TPSA) is 75.9 Å². The molecular formula is C18H19F2N3O4. The highest BCUT2D eigenvalue weighted by Gasteiger charge is 2.71. The van der Waals surface area contributed by atoms with Gasteiger partial charge in [-0.2, -0.15) is 0 Å². The number of hydrogen-bond acceptors (Lipinski definition) is 5. The van der Waals surface area contributed by atoms with Crippen LogP contribution in [0.5, 0.6) is 0 Å². The van der Waals surface area contributed by atoms with Gasteiger partial charge in [-0.1, -0.05) is 17.3 Å². The normalized spacial score (nSPS) is 27.6. The summed E-state index contributed by atoms with van der Waals surface area (Å²) in [6, 6.07) is 7.05. The van der Waals surface area contributed by atoms with Crippen molar-refractivity contribution in [1.82, 2.24) is 15.0 Å². The Morgan fingerprint density at radius 2 is 2.07 bits per heavy atom. The van der Waals surface area contributed by atoms with Gasteiger partial charge in [-0.3, -0.25) is 9.59 Å². The van der Waals surface area contributed by atoms with E-state index in [1.807, 2.05) is 0 Å². The summed E-state index contributed by atoms with van der Waals surface area (Å²) in [6.45, 7) is -1.14. The highest BCUT2D eigenvalue weighted by atomic mass is 19.2. The van der Waals surface area contributed by atoms with E-state index < -0.39 is 36.2 Å². The summed E-state index contributed by atoms with van der Waals surface area (Å²) in [5.41, 5.74) is -4.20. The largest absolute Gasteiger partial charge is 0.383 e. The zero-order valence-electron chi connectivity index (χ0n) is 14.8. The third-order valence-corrected chi connectivity index (χ3v) is 5.32. The predicted molar refractivity (Wildman–Crippen MR) is 90.4 cm³/mol. The lowest BCUT2D eigenvalue weighted by Gasteiger charge is -2.22. The van der Waals surface area contributed by atoms with Gasteiger partial charge in [0.15, 0.2) is 11.3 Å². The molecule has 0 saturated carbocycles. The molecule has 3 heterocycles. The van der Waals surface area contributed by atoms with Gasteiger partial charge in [-0.25, -0.2) is 8.78 Å². The fraction of sp³-hybridized carbons (Fsp3) is 0.500. The fourth-order valence-corrected chi connectivity index (χ4v) is 3.83. The molecule has 144 valence electrons. The van der Waals surface area contributed by atoms with Crippen LogP contribution >= 0.6 is 0 Å². The minimum atomic E-state index is -2.72. The standard InChI is InChI=1S/C18H19F2N3O4/c1-26-7-6-22-9-17(19)10-23(11-18(17,20)16(22)25)15(24)8-13-12-4-2-3-5-14(12)27-21-13/h2-5H,6-11H2,1H3/t17-,18-/m1/s1. The van der Waals surface area contributed by atoms with Crippen LogP contribution in [0, 0.1) is 0 Å². The maximum absolute atomic E-state index is 15.3. The number of methoxy groups -OCH3 is 1. The summed E-state index contributed by atoms with van der Waals surface area (Å²) in [4.78, 5) is 27.2. The van der Waals surface area contributed by atoms with E-state index in [1.165, 1.54) is 7.11 Å². The maximum Gasteiger partial charge on any atom is 0.265 e. The highest BCUT2D eigenvalue weighted by molar-refractivity contribution is 5.93. The van der Waals surface area contributed by atoms with Gasteiger partial charge in [0, 0.05) is 19.0 Å². The molecule has 2 aliphatic rings. The third-order valence-electron chi connectivity index (χ3n) is 5.32. The molecule has 0 bridgehead atoms. The number of aromatic nitrogens is 1. The Labute approximate surface area is 153 Å². The van der Waals surface area contributed by atoms with E-state index in [0.717, 1.165) is 9.80 Å². The molecule has 1 aromatic carbocycles. The molecule has 27 heavy (non-hydrogen) atoms. The van der Waals surface area contributed by atoms with E-state index in [1.54, 1.807) is 24.3 Å². The number of likely N-dealkylation sites (tertiary alicyclic amines) is 2. The third kappa shape index (κ3) is 2.68. The van der Waals surface area contributed by atoms with Gasteiger partial charge < -0.3 is 19.1 Å². The quantitative estimate of drug-likeness (QED) is 0.778. The second-order valence-corrected chi connectivity index (χ2v) is 7.04. The molecule has 0 radical (unpaired) electrons. The molecule has 0 spiro atoms. The van der Waals surface area contributed by atoms with Crippen molar-refractivity contribution in [2.75, 3.05) is 39.9 Å². The molecule has 2 atom stereocenters. The first kappa shape index (κ1) is 17.8. The summed E-state index contributed by atoms with van der Waals surface area (Å²) < 4.78 is 40.5. The molecule has 0 N–H and O–H groups in total. The summed E-state index contributed by atoms with van der Waals surface area (Å²) >= 11 is 0. The van der Waals surface area contributed by atoms with Crippen LogP contribution < -0.4 is 0 Å². The molecule has 2 amide bonds. The van der Waals surface area contributed by atoms with Gasteiger partial charge in [0.1, 0.15) is 5.69 Å². The molecule has 7 nitrogen and oxygen atoms in total. The van der Waals surface area contributed by atoms with E-state index in [9.17, 15) is 9.59 Å². The first-order valence-electron chi connectivity index (χ1n) is 8.65. The van der Waals surface area contributed by atoms with Gasteiger partial charge in [-0.15, -0.1) is 0 Å². The number of halogens is 2. The molecule has 9 heteroatoms. The average molecular weight is 379 g/mol. The maximum atomic E-state index is 15.3. The average Bonchev–Trinajstić information content (AvgIpc) is 3.23. The molecule has 4 rings (SSSR count). The van der Waals surface area contributed by atoms with Crippen LogP contribution in [-0.2, 0) is 20.7 Å². The Balaban J connectivity index is 1.49. The van der Waals surface area contributed by atoms with Crippen molar-refractivity contribution in [1.29, 1.82) is 0 Å². The number of alkyl halides is 2. The van der Waals surface area contributed by atoms with Crippen molar-refractivity contribution in [3.8, 4) is 0 Å². The Morgan fingerprint density at radius 1 is 1.30 bits per heavy atom. The van der Waals surface area contributed by atoms with Crippen LogP contribution in [0.1, 0.15) is 5.69 Å². The van der Waals surface area contributed by atoms with Crippen LogP contribution in [0.2, 0.25) is 0 Å². The minimum Gasteiger partial charge on any atom is -0.383 e. The number of ether oxygens (including phenoxy) is 1. The molecule has 0 unspecified atom stereocenters. The number of nitrogens with zero attached hydrogens (tertiary/aromatic N) is 3. The molecule has 2 fully saturated rings. The zero-order chi connectivity index (χ0) is 19.2. The lowest BCUT2D eigenvalue weighted by molar-refractivity contribution is -0.140. The van der Waals surface area contributed by atoms with Gasteiger partial charge in [0.25, 0.3) is 5.91 Å². The van der Waals surface area contributed by atoms with E-state index in [2.05, 4.69) is 5.16 Å². The molecular weight excluding hydrogens is 360 g/mol. The minimum absolute atomic E-state index is 0.117. The summed E-state index contributed by atoms with van der Waals surface area (Å²) in [5.74, 6) is -1.42. The van der Waals surface area contributed by atoms with E-state index in [4.69, 9.17) is 9.26 Å². The molecule has 2 saturated heterocycles. The van der Waals surface area contributed by atoms with Crippen molar-refractivity contribution in [3.05, 3.63) is 30.0 Å². The van der Waals surface area contributed by atoms with Gasteiger partial charge in [0.2, 0.25) is 11.6 Å². The van der Waals surface area contributed by atoms with Crippen molar-refractivity contribution in [2.45, 2.75) is 17.8 Å². The Bertz CT molecular complexity index is 904. The lowest BCUT2D eigenvalue weighted by atomic mass is 9.93. The summed E-state index contributed by atoms with van der Waals surface area (Å²) in [7, 11) is 1.45. The lowest BCUT2D eigenvalue weighted by Crippen LogP contribution is -2.47. The number of amides is 2. The first-order chi connectivity index (χ1) is 12.9. The highest BCUT2D eigenvalue weighted by Crippen LogP contribution is 2.45. The van der Waals surface area contributed by atoms with Gasteiger partial charge >= 0.3 is 0 Å². The Hall–Kier alpha value is -2.55. The summed E-state index contributed by atoms with van der Waals surface area (Å²) in [5, 5.41) is 4.55. The Morgan fingerprint density at radius 3 is 2.81 bits per heavy atom. The number of hydrogen-bond donors (Lipinski definition) is 0. The second kappa shape index (κ2) is 6.26. The molecule has 2 aromatic rings. The fourth-order valence-electron chi connectivity index (χ4n) is 3.83. The molecule has 2 aliphatic heterocycles. The number of carbonyl (C=O) groups is 2. The number of para-hydroxylation sites is 1. The number of rotatable bonds is 5. The molecule has 1 aromatic heterocycles. The van der Waals surface area contributed by atoms with E-state index in [-0.39, 0.29) is 26.1 Å². The zero-order valence-corrected chi connectivity index (χ0v) is 14.8. The van der Waals surface area contributed by atoms with Gasteiger partial charge in [-0.05, 0) is 12.1 Å². The van der Waals surface area contributed by atoms with Crippen LogP contribution in [0.3, 0.4) is 0 Å². The Kier molecular flexibility index (Phi) is 4.14. The van der Waals surface area contributed by atoms with Crippen molar-refractivity contribution < 1.29 is 27.6 Å². The van der Waals surface area contributed by atoms with Crippen LogP contribution in [0.25, 0.3) is 11.0 Å². The van der Waals surface area contributed by atoms with Crippen molar-refractivity contribution in [2.24, 2.45) is 0 Å². The monoisotopic (exact) mass is 379 g/mol.